The van der Waals surface area contributed by atoms with Crippen molar-refractivity contribution in [2.24, 2.45) is 16.7 Å². The number of aliphatic hydroxyl groups is 7. The van der Waals surface area contributed by atoms with Gasteiger partial charge in [-0.3, -0.25) is 0 Å². The van der Waals surface area contributed by atoms with Crippen molar-refractivity contribution in [1.29, 1.82) is 0 Å². The molecular formula is C25H33NO10. The number of esters is 1. The Morgan fingerprint density at radius 3 is 2.53 bits per heavy atom. The van der Waals surface area contributed by atoms with Gasteiger partial charge in [0.15, 0.2) is 17.5 Å². The number of aromatic amines is 1. The number of hydrogen-bond acceptors (Lipinski definition) is 10. The van der Waals surface area contributed by atoms with Gasteiger partial charge in [-0.25, -0.2) is 4.79 Å². The first-order valence-corrected chi connectivity index (χ1v) is 12.2. The fourth-order valence-corrected chi connectivity index (χ4v) is 9.30. The molecule has 0 amide bonds. The zero-order chi connectivity index (χ0) is 26.5. The Bertz CT molecular complexity index is 1190. The van der Waals surface area contributed by atoms with Gasteiger partial charge in [0.05, 0.1) is 5.41 Å². The molecule has 2 aliphatic heterocycles. The molecule has 3 heterocycles. The Morgan fingerprint density at radius 1 is 1.28 bits per heavy atom. The molecule has 4 saturated carbocycles. The van der Waals surface area contributed by atoms with Crippen LogP contribution in [0.25, 0.3) is 0 Å². The molecule has 1 aromatic rings. The zero-order valence-corrected chi connectivity index (χ0v) is 20.4. The average Bonchev–Trinajstić information content (AvgIpc) is 3.45. The van der Waals surface area contributed by atoms with E-state index in [0.717, 1.165) is 0 Å². The highest BCUT2D eigenvalue weighted by molar-refractivity contribution is 5.87. The molecular weight excluding hydrogens is 474 g/mol. The molecule has 2 saturated heterocycles. The summed E-state index contributed by atoms with van der Waals surface area (Å²) in [5.41, 5.74) is -16.3. The molecule has 0 radical (unpaired) electrons. The third kappa shape index (κ3) is 1.76. The standard InChI is InChI=1S/C25H33NO10/c1-12-7-8-20(30)18(3)11-21(31)19(4)22(32,13(2)10-27)17(35-16(29)14-6-5-9-26-14)23(18,33)25(19,34)24(20,36-21)15(12)28/h5-6,9,13,15,17,26-28,30-34H,1,7-8,10-11H2,2-4H3/t13-,15+,17+,18-,19-,20-,21-,22+,23+,24+,25+/m0/s1. The van der Waals surface area contributed by atoms with E-state index in [-0.39, 0.29) is 24.1 Å². The normalized spacial score (nSPS) is 57.2. The summed E-state index contributed by atoms with van der Waals surface area (Å²) in [6.07, 6.45) is -2.61. The predicted molar refractivity (Wildman–Crippen MR) is 120 cm³/mol. The quantitative estimate of drug-likeness (QED) is 0.179. The largest absolute Gasteiger partial charge is 0.451 e. The van der Waals surface area contributed by atoms with Crippen molar-refractivity contribution in [1.82, 2.24) is 4.98 Å². The molecule has 4 aliphatic carbocycles. The summed E-state index contributed by atoms with van der Waals surface area (Å²) in [5, 5.41) is 83.9. The van der Waals surface area contributed by atoms with Gasteiger partial charge >= 0.3 is 5.97 Å². The maximum absolute atomic E-state index is 13.2. The van der Waals surface area contributed by atoms with E-state index in [1.165, 1.54) is 33.0 Å². The van der Waals surface area contributed by atoms with Crippen molar-refractivity contribution < 1.29 is 50.0 Å². The number of aliphatic hydroxyl groups excluding tert-OH is 2. The second-order valence-electron chi connectivity index (χ2n) is 11.9. The Kier molecular flexibility index (Phi) is 4.25. The summed E-state index contributed by atoms with van der Waals surface area (Å²) in [5.74, 6) is -4.55. The van der Waals surface area contributed by atoms with Gasteiger partial charge in [-0.15, -0.1) is 0 Å². The van der Waals surface area contributed by atoms with Crippen molar-refractivity contribution in [2.75, 3.05) is 6.61 Å². The minimum absolute atomic E-state index is 0.00323. The minimum atomic E-state index is -2.76. The Morgan fingerprint density at radius 2 is 1.94 bits per heavy atom. The van der Waals surface area contributed by atoms with Crippen molar-refractivity contribution >= 4 is 5.97 Å². The molecule has 1 aromatic heterocycles. The molecule has 0 unspecified atom stereocenters. The maximum atomic E-state index is 13.2. The summed E-state index contributed by atoms with van der Waals surface area (Å²) in [6.45, 7) is 7.31. The highest BCUT2D eigenvalue weighted by Crippen LogP contribution is 2.90. The molecule has 0 aromatic carbocycles. The van der Waals surface area contributed by atoms with Crippen LogP contribution in [0.4, 0.5) is 0 Å². The van der Waals surface area contributed by atoms with Crippen molar-refractivity contribution in [3.63, 3.8) is 0 Å². The first-order valence-electron chi connectivity index (χ1n) is 12.2. The summed E-state index contributed by atoms with van der Waals surface area (Å²) in [7, 11) is 0. The average molecular weight is 508 g/mol. The lowest BCUT2D eigenvalue weighted by Gasteiger charge is -2.60. The number of H-pyrrole nitrogens is 1. The van der Waals surface area contributed by atoms with E-state index in [0.29, 0.717) is 0 Å². The number of carbonyl (C=O) groups is 1. The van der Waals surface area contributed by atoms with Crippen LogP contribution in [0.5, 0.6) is 0 Å². The molecule has 11 atom stereocenters. The van der Waals surface area contributed by atoms with Gasteiger partial charge in [-0.05, 0) is 37.5 Å². The van der Waals surface area contributed by atoms with Crippen molar-refractivity contribution in [3.8, 4) is 0 Å². The topological polar surface area (TPSA) is 193 Å². The van der Waals surface area contributed by atoms with E-state index in [4.69, 9.17) is 9.47 Å². The first kappa shape index (κ1) is 24.5. The van der Waals surface area contributed by atoms with Crippen LogP contribution in [0.3, 0.4) is 0 Å². The summed E-state index contributed by atoms with van der Waals surface area (Å²) in [6, 6.07) is 2.97. The number of rotatable bonds is 4. The third-order valence-corrected chi connectivity index (χ3v) is 11.1. The smallest absolute Gasteiger partial charge is 0.355 e. The summed E-state index contributed by atoms with van der Waals surface area (Å²) in [4.78, 5) is 15.9. The number of carbonyl (C=O) groups excluding carboxylic acids is 1. The zero-order valence-electron chi connectivity index (χ0n) is 20.4. The van der Waals surface area contributed by atoms with E-state index >= 15 is 0 Å². The molecule has 36 heavy (non-hydrogen) atoms. The van der Waals surface area contributed by atoms with E-state index < -0.39 is 81.7 Å². The second-order valence-corrected chi connectivity index (χ2v) is 11.9. The fraction of sp³-hybridized carbons (Fsp3) is 0.720. The van der Waals surface area contributed by atoms with Gasteiger partial charge in [0.1, 0.15) is 34.2 Å². The molecule has 8 N–H and O–H groups in total. The lowest BCUT2D eigenvalue weighted by molar-refractivity contribution is -0.383. The molecule has 6 fully saturated rings. The van der Waals surface area contributed by atoms with Crippen LogP contribution >= 0.6 is 0 Å². The number of aromatic nitrogens is 1. The van der Waals surface area contributed by atoms with Gasteiger partial charge in [0, 0.05) is 30.6 Å². The highest BCUT2D eigenvalue weighted by Gasteiger charge is 3.10. The van der Waals surface area contributed by atoms with Crippen LogP contribution in [0.2, 0.25) is 0 Å². The van der Waals surface area contributed by atoms with Crippen molar-refractivity contribution in [3.05, 3.63) is 36.2 Å². The molecule has 11 heteroatoms. The molecule has 1 spiro atoms. The Hall–Kier alpha value is -1.83. The first-order chi connectivity index (χ1) is 16.6. The lowest BCUT2D eigenvalue weighted by atomic mass is 9.52. The lowest BCUT2D eigenvalue weighted by Crippen LogP contribution is -2.74. The molecule has 6 aliphatic rings. The van der Waals surface area contributed by atoms with Crippen molar-refractivity contribution in [2.45, 2.75) is 86.0 Å². The van der Waals surface area contributed by atoms with Gasteiger partial charge in [-0.2, -0.15) is 0 Å². The predicted octanol–water partition coefficient (Wildman–Crippen LogP) is -1.30. The fourth-order valence-electron chi connectivity index (χ4n) is 9.30. The number of hydrogen-bond donors (Lipinski definition) is 8. The van der Waals surface area contributed by atoms with E-state index in [9.17, 15) is 40.5 Å². The maximum Gasteiger partial charge on any atom is 0.355 e. The minimum Gasteiger partial charge on any atom is -0.451 e. The van der Waals surface area contributed by atoms with Crippen LogP contribution in [0, 0.1) is 16.7 Å². The van der Waals surface area contributed by atoms with Crippen LogP contribution in [-0.2, 0) is 9.47 Å². The van der Waals surface area contributed by atoms with Crippen LogP contribution < -0.4 is 0 Å². The number of ether oxygens (including phenoxy) is 2. The Labute approximate surface area is 207 Å². The molecule has 198 valence electrons. The van der Waals surface area contributed by atoms with E-state index in [1.54, 1.807) is 6.07 Å². The SMILES string of the molecule is C=C1CC[C@]2(O)[C@]3(C)C[C@]4(O)O[C@@]2([C@@H]1O)[C@]1(O)[C@@]3(O)[C@H](OC(=O)c2ccc[nH]2)[C@](O)([C@@H](C)CO)[C@@]14C. The molecule has 6 bridgehead atoms. The van der Waals surface area contributed by atoms with Gasteiger partial charge in [0.2, 0.25) is 0 Å². The third-order valence-electron chi connectivity index (χ3n) is 11.1. The van der Waals surface area contributed by atoms with E-state index in [2.05, 4.69) is 11.6 Å². The second kappa shape index (κ2) is 6.24. The van der Waals surface area contributed by atoms with Crippen LogP contribution in [0.1, 0.15) is 50.5 Å². The van der Waals surface area contributed by atoms with Gasteiger partial charge in [0.25, 0.3) is 0 Å². The molecule has 7 rings (SSSR count). The van der Waals surface area contributed by atoms with Crippen LogP contribution in [-0.4, -0.2) is 99.3 Å². The van der Waals surface area contributed by atoms with Gasteiger partial charge < -0.3 is 50.2 Å². The highest BCUT2D eigenvalue weighted by atomic mass is 16.7. The summed E-state index contributed by atoms with van der Waals surface area (Å²) < 4.78 is 11.9. The monoisotopic (exact) mass is 507 g/mol. The summed E-state index contributed by atoms with van der Waals surface area (Å²) >= 11 is 0. The number of nitrogens with one attached hydrogen (secondary N) is 1. The Balaban J connectivity index is 1.70. The van der Waals surface area contributed by atoms with Crippen LogP contribution in [0.15, 0.2) is 30.5 Å². The van der Waals surface area contributed by atoms with Gasteiger partial charge in [-0.1, -0.05) is 20.4 Å². The molecule has 11 nitrogen and oxygen atoms in total. The van der Waals surface area contributed by atoms with E-state index in [1.807, 2.05) is 0 Å².